The van der Waals surface area contributed by atoms with Gasteiger partial charge in [-0.1, -0.05) is 0 Å². The summed E-state index contributed by atoms with van der Waals surface area (Å²) in [4.78, 5) is 16.4. The summed E-state index contributed by atoms with van der Waals surface area (Å²) in [6, 6.07) is 9.67. The Bertz CT molecular complexity index is 944. The van der Waals surface area contributed by atoms with Gasteiger partial charge in [0.1, 0.15) is 5.75 Å². The number of nitrogens with zero attached hydrogens (tertiary/aromatic N) is 1. The van der Waals surface area contributed by atoms with Crippen LogP contribution in [0, 0.1) is 0 Å². The SMILES string of the molecule is COc1ccc(C2=N/C(=C/c3cc(OC)c(OC(F)F)c(OC)c3)C(=O)O2)cc1. The molecular formula is C20H17F2NO6. The summed E-state index contributed by atoms with van der Waals surface area (Å²) < 4.78 is 50.3. The van der Waals surface area contributed by atoms with Crippen molar-refractivity contribution in [1.82, 2.24) is 0 Å². The molecule has 0 aliphatic carbocycles. The van der Waals surface area contributed by atoms with Crippen LogP contribution in [0.15, 0.2) is 47.1 Å². The number of rotatable bonds is 7. The van der Waals surface area contributed by atoms with Gasteiger partial charge in [-0.3, -0.25) is 0 Å². The minimum atomic E-state index is -3.05. The van der Waals surface area contributed by atoms with Crippen molar-refractivity contribution >= 4 is 17.9 Å². The van der Waals surface area contributed by atoms with Gasteiger partial charge < -0.3 is 23.7 Å². The van der Waals surface area contributed by atoms with Gasteiger partial charge in [-0.25, -0.2) is 9.79 Å². The Morgan fingerprint density at radius 1 is 1.00 bits per heavy atom. The summed E-state index contributed by atoms with van der Waals surface area (Å²) in [5, 5.41) is 0. The smallest absolute Gasteiger partial charge is 0.387 e. The van der Waals surface area contributed by atoms with Crippen molar-refractivity contribution in [2.45, 2.75) is 6.61 Å². The Kier molecular flexibility index (Phi) is 5.96. The summed E-state index contributed by atoms with van der Waals surface area (Å²) in [6.45, 7) is -3.05. The lowest BCUT2D eigenvalue weighted by Crippen LogP contribution is -2.06. The van der Waals surface area contributed by atoms with Crippen molar-refractivity contribution < 1.29 is 37.3 Å². The molecule has 1 heterocycles. The lowest BCUT2D eigenvalue weighted by atomic mass is 10.1. The molecule has 3 rings (SSSR count). The number of carbonyl (C=O) groups excluding carboxylic acids is 1. The summed E-state index contributed by atoms with van der Waals surface area (Å²) in [7, 11) is 4.14. The van der Waals surface area contributed by atoms with E-state index in [9.17, 15) is 13.6 Å². The van der Waals surface area contributed by atoms with Gasteiger partial charge in [-0.2, -0.15) is 8.78 Å². The molecule has 0 N–H and O–H groups in total. The lowest BCUT2D eigenvalue weighted by molar-refractivity contribution is -0.129. The predicted octanol–water partition coefficient (Wildman–Crippen LogP) is 3.66. The monoisotopic (exact) mass is 405 g/mol. The molecule has 0 radical (unpaired) electrons. The van der Waals surface area contributed by atoms with E-state index in [-0.39, 0.29) is 28.8 Å². The van der Waals surface area contributed by atoms with Crippen LogP contribution >= 0.6 is 0 Å². The van der Waals surface area contributed by atoms with Crippen LogP contribution in [0.2, 0.25) is 0 Å². The number of hydrogen-bond acceptors (Lipinski definition) is 7. The van der Waals surface area contributed by atoms with Crippen molar-refractivity contribution in [3.8, 4) is 23.0 Å². The van der Waals surface area contributed by atoms with Crippen LogP contribution in [0.5, 0.6) is 23.0 Å². The average Bonchev–Trinajstić information content (AvgIpc) is 3.08. The third-order valence-electron chi connectivity index (χ3n) is 3.95. The van der Waals surface area contributed by atoms with Crippen molar-refractivity contribution in [3.63, 3.8) is 0 Å². The first-order valence-corrected chi connectivity index (χ1v) is 8.33. The number of alkyl halides is 2. The highest BCUT2D eigenvalue weighted by atomic mass is 19.3. The molecule has 29 heavy (non-hydrogen) atoms. The largest absolute Gasteiger partial charge is 0.497 e. The summed E-state index contributed by atoms with van der Waals surface area (Å²) in [6.07, 6.45) is 1.43. The summed E-state index contributed by atoms with van der Waals surface area (Å²) >= 11 is 0. The van der Waals surface area contributed by atoms with Gasteiger partial charge in [0.25, 0.3) is 0 Å². The third-order valence-corrected chi connectivity index (χ3v) is 3.95. The Morgan fingerprint density at radius 3 is 2.14 bits per heavy atom. The number of hydrogen-bond donors (Lipinski definition) is 0. The van der Waals surface area contributed by atoms with Gasteiger partial charge >= 0.3 is 12.6 Å². The molecule has 9 heteroatoms. The maximum atomic E-state index is 12.7. The Morgan fingerprint density at radius 2 is 1.62 bits per heavy atom. The molecule has 2 aromatic carbocycles. The van der Waals surface area contributed by atoms with Crippen LogP contribution in [0.4, 0.5) is 8.78 Å². The van der Waals surface area contributed by atoms with E-state index in [2.05, 4.69) is 9.73 Å². The molecule has 1 aliphatic rings. The van der Waals surface area contributed by atoms with E-state index >= 15 is 0 Å². The van der Waals surface area contributed by atoms with Crippen LogP contribution in [0.3, 0.4) is 0 Å². The molecule has 0 unspecified atom stereocenters. The molecule has 0 bridgehead atoms. The normalized spacial score (nSPS) is 14.6. The highest BCUT2D eigenvalue weighted by Gasteiger charge is 2.25. The number of ether oxygens (including phenoxy) is 5. The number of esters is 1. The van der Waals surface area contributed by atoms with E-state index in [0.29, 0.717) is 16.9 Å². The van der Waals surface area contributed by atoms with Crippen molar-refractivity contribution in [3.05, 3.63) is 53.2 Å². The Hall–Kier alpha value is -3.62. The fourth-order valence-corrected chi connectivity index (χ4v) is 2.61. The maximum Gasteiger partial charge on any atom is 0.387 e. The molecule has 0 saturated carbocycles. The van der Waals surface area contributed by atoms with E-state index in [1.165, 1.54) is 32.4 Å². The third kappa shape index (κ3) is 4.45. The first-order valence-electron chi connectivity index (χ1n) is 8.33. The molecule has 0 saturated heterocycles. The average molecular weight is 405 g/mol. The van der Waals surface area contributed by atoms with Crippen LogP contribution in [-0.4, -0.2) is 39.8 Å². The van der Waals surface area contributed by atoms with Gasteiger partial charge in [0.2, 0.25) is 11.6 Å². The van der Waals surface area contributed by atoms with Crippen LogP contribution in [-0.2, 0) is 9.53 Å². The highest BCUT2D eigenvalue weighted by Crippen LogP contribution is 2.40. The van der Waals surface area contributed by atoms with E-state index in [4.69, 9.17) is 18.9 Å². The molecular weight excluding hydrogens is 388 g/mol. The number of halogens is 2. The maximum absolute atomic E-state index is 12.7. The zero-order valence-corrected chi connectivity index (χ0v) is 15.8. The molecule has 0 spiro atoms. The summed E-state index contributed by atoms with van der Waals surface area (Å²) in [5.41, 5.74) is 1.05. The number of cyclic esters (lactones) is 1. The van der Waals surface area contributed by atoms with E-state index in [0.717, 1.165) is 0 Å². The second-order valence-electron chi connectivity index (χ2n) is 5.70. The second kappa shape index (κ2) is 8.59. The quantitative estimate of drug-likeness (QED) is 0.517. The number of carbonyl (C=O) groups is 1. The van der Waals surface area contributed by atoms with E-state index in [1.54, 1.807) is 31.4 Å². The first-order chi connectivity index (χ1) is 13.9. The van der Waals surface area contributed by atoms with Gasteiger partial charge in [0.05, 0.1) is 21.3 Å². The Labute approximate surface area is 165 Å². The standard InChI is InChI=1S/C20H17F2NO6/c1-25-13-6-4-12(5-7-13)18-23-14(19(24)29-18)8-11-9-15(26-2)17(28-20(21)22)16(10-11)27-3/h4-10,20H,1-3H3/b14-8+. The summed E-state index contributed by atoms with van der Waals surface area (Å²) in [5.74, 6) is -0.0742. The minimum Gasteiger partial charge on any atom is -0.497 e. The van der Waals surface area contributed by atoms with Gasteiger partial charge in [-0.05, 0) is 48.0 Å². The zero-order valence-electron chi connectivity index (χ0n) is 15.8. The molecule has 0 aromatic heterocycles. The zero-order chi connectivity index (χ0) is 21.0. The molecule has 0 amide bonds. The highest BCUT2D eigenvalue weighted by molar-refractivity contribution is 6.12. The van der Waals surface area contributed by atoms with E-state index < -0.39 is 12.6 Å². The topological polar surface area (TPSA) is 75.6 Å². The minimum absolute atomic E-state index is 0.0159. The molecule has 0 fully saturated rings. The number of aliphatic imine (C=N–C) groups is 1. The molecule has 1 aliphatic heterocycles. The number of methoxy groups -OCH3 is 3. The van der Waals surface area contributed by atoms with Gasteiger partial charge in [0, 0.05) is 5.56 Å². The van der Waals surface area contributed by atoms with Crippen molar-refractivity contribution in [1.29, 1.82) is 0 Å². The van der Waals surface area contributed by atoms with Gasteiger partial charge in [-0.15, -0.1) is 0 Å². The lowest BCUT2D eigenvalue weighted by Gasteiger charge is -2.14. The number of benzene rings is 2. The Balaban J connectivity index is 1.95. The van der Waals surface area contributed by atoms with Crippen LogP contribution < -0.4 is 18.9 Å². The molecule has 152 valence electrons. The fraction of sp³-hybridized carbons (Fsp3) is 0.200. The molecule has 2 aromatic rings. The van der Waals surface area contributed by atoms with Crippen LogP contribution in [0.25, 0.3) is 6.08 Å². The predicted molar refractivity (Wildman–Crippen MR) is 99.8 cm³/mol. The second-order valence-corrected chi connectivity index (χ2v) is 5.70. The van der Waals surface area contributed by atoms with Crippen molar-refractivity contribution in [2.24, 2.45) is 4.99 Å². The van der Waals surface area contributed by atoms with Gasteiger partial charge in [0.15, 0.2) is 17.2 Å². The first kappa shape index (κ1) is 20.1. The molecule has 0 atom stereocenters. The molecule has 7 nitrogen and oxygen atoms in total. The van der Waals surface area contributed by atoms with Crippen molar-refractivity contribution in [2.75, 3.05) is 21.3 Å². The van der Waals surface area contributed by atoms with E-state index in [1.807, 2.05) is 0 Å². The van der Waals surface area contributed by atoms with Crippen LogP contribution in [0.1, 0.15) is 11.1 Å². The fourth-order valence-electron chi connectivity index (χ4n) is 2.61.